The number of anilines is 1. The molecule has 0 aromatic carbocycles. The van der Waals surface area contributed by atoms with Crippen LogP contribution in [0.2, 0.25) is 0 Å². The van der Waals surface area contributed by atoms with Gasteiger partial charge in [-0.1, -0.05) is 30.8 Å². The Hall–Kier alpha value is -1.36. The van der Waals surface area contributed by atoms with Crippen molar-refractivity contribution in [3.63, 3.8) is 0 Å². The topological polar surface area (TPSA) is 64.9 Å². The molecule has 0 atom stereocenters. The Morgan fingerprint density at radius 2 is 2.00 bits per heavy atom. The summed E-state index contributed by atoms with van der Waals surface area (Å²) < 4.78 is 5.35. The fourth-order valence-electron chi connectivity index (χ4n) is 2.52. The van der Waals surface area contributed by atoms with Crippen molar-refractivity contribution in [3.8, 4) is 10.8 Å². The van der Waals surface area contributed by atoms with Gasteiger partial charge in [0, 0.05) is 5.92 Å². The second kappa shape index (κ2) is 5.10. The third-order valence-corrected chi connectivity index (χ3v) is 4.47. The highest BCUT2D eigenvalue weighted by Gasteiger charge is 2.21. The van der Waals surface area contributed by atoms with E-state index >= 15 is 0 Å². The zero-order valence-corrected chi connectivity index (χ0v) is 11.1. The molecule has 0 amide bonds. The van der Waals surface area contributed by atoms with Crippen molar-refractivity contribution in [2.24, 2.45) is 0 Å². The molecule has 96 valence electrons. The van der Waals surface area contributed by atoms with E-state index < -0.39 is 0 Å². The van der Waals surface area contributed by atoms with Crippen molar-refractivity contribution in [3.05, 3.63) is 17.3 Å². The first-order valence-electron chi connectivity index (χ1n) is 6.51. The van der Waals surface area contributed by atoms with Gasteiger partial charge in [-0.25, -0.2) is 0 Å². The summed E-state index contributed by atoms with van der Waals surface area (Å²) in [4.78, 5) is 5.42. The van der Waals surface area contributed by atoms with E-state index in [1.165, 1.54) is 38.5 Å². The molecule has 0 radical (unpaired) electrons. The molecular formula is C13H17N3OS. The van der Waals surface area contributed by atoms with Gasteiger partial charge in [-0.15, -0.1) is 11.3 Å². The molecule has 1 aliphatic carbocycles. The maximum Gasteiger partial charge on any atom is 0.270 e. The lowest BCUT2D eigenvalue weighted by molar-refractivity contribution is 0.410. The van der Waals surface area contributed by atoms with E-state index in [0.29, 0.717) is 11.8 Å². The maximum atomic E-state index is 5.87. The zero-order chi connectivity index (χ0) is 12.4. The first-order valence-corrected chi connectivity index (χ1v) is 7.39. The van der Waals surface area contributed by atoms with Gasteiger partial charge in [0.2, 0.25) is 0 Å². The molecule has 0 saturated heterocycles. The third kappa shape index (κ3) is 2.27. The minimum atomic E-state index is 0.464. The monoisotopic (exact) mass is 263 g/mol. The van der Waals surface area contributed by atoms with Crippen LogP contribution < -0.4 is 5.73 Å². The Morgan fingerprint density at radius 1 is 1.22 bits per heavy atom. The Bertz CT molecular complexity index is 512. The van der Waals surface area contributed by atoms with E-state index in [-0.39, 0.29) is 0 Å². The molecule has 2 heterocycles. The predicted octanol–water partition coefficient (Wildman–Crippen LogP) is 3.82. The molecule has 2 N–H and O–H groups in total. The normalized spacial score (nSPS) is 17.8. The van der Waals surface area contributed by atoms with E-state index in [4.69, 9.17) is 10.3 Å². The van der Waals surface area contributed by atoms with Gasteiger partial charge >= 0.3 is 0 Å². The smallest absolute Gasteiger partial charge is 0.270 e. The van der Waals surface area contributed by atoms with Crippen LogP contribution in [0.3, 0.4) is 0 Å². The lowest BCUT2D eigenvalue weighted by Crippen LogP contribution is -1.99. The van der Waals surface area contributed by atoms with Crippen molar-refractivity contribution < 1.29 is 4.52 Å². The lowest BCUT2D eigenvalue weighted by atomic mass is 10.00. The highest BCUT2D eigenvalue weighted by molar-refractivity contribution is 7.14. The average molecular weight is 263 g/mol. The van der Waals surface area contributed by atoms with Crippen LogP contribution in [0.15, 0.2) is 16.0 Å². The van der Waals surface area contributed by atoms with E-state index in [2.05, 4.69) is 10.1 Å². The lowest BCUT2D eigenvalue weighted by Gasteiger charge is -2.07. The van der Waals surface area contributed by atoms with Crippen LogP contribution in [0, 0.1) is 0 Å². The Kier molecular flexibility index (Phi) is 3.32. The molecule has 2 aromatic rings. The van der Waals surface area contributed by atoms with Gasteiger partial charge in [0.05, 0.1) is 5.69 Å². The molecule has 5 heteroatoms. The fourth-order valence-corrected chi connectivity index (χ4v) is 3.26. The molecule has 1 saturated carbocycles. The zero-order valence-electron chi connectivity index (χ0n) is 10.3. The van der Waals surface area contributed by atoms with Gasteiger partial charge in [0.25, 0.3) is 5.89 Å². The molecule has 4 nitrogen and oxygen atoms in total. The van der Waals surface area contributed by atoms with Crippen molar-refractivity contribution in [1.29, 1.82) is 0 Å². The molecule has 0 aliphatic heterocycles. The fraction of sp³-hybridized carbons (Fsp3) is 0.538. The van der Waals surface area contributed by atoms with Crippen LogP contribution in [-0.4, -0.2) is 10.1 Å². The molecule has 0 unspecified atom stereocenters. The van der Waals surface area contributed by atoms with Crippen LogP contribution in [-0.2, 0) is 0 Å². The summed E-state index contributed by atoms with van der Waals surface area (Å²) in [5, 5.41) is 6.09. The van der Waals surface area contributed by atoms with Gasteiger partial charge in [0.15, 0.2) is 5.82 Å². The van der Waals surface area contributed by atoms with Crippen LogP contribution in [0.5, 0.6) is 0 Å². The summed E-state index contributed by atoms with van der Waals surface area (Å²) in [6.45, 7) is 0. The van der Waals surface area contributed by atoms with Crippen LogP contribution in [0.4, 0.5) is 5.69 Å². The second-order valence-electron chi connectivity index (χ2n) is 4.85. The van der Waals surface area contributed by atoms with Crippen LogP contribution in [0.1, 0.15) is 50.3 Å². The number of rotatable bonds is 2. The van der Waals surface area contributed by atoms with Crippen molar-refractivity contribution >= 4 is 17.0 Å². The number of hydrogen-bond acceptors (Lipinski definition) is 5. The Morgan fingerprint density at radius 3 is 2.67 bits per heavy atom. The van der Waals surface area contributed by atoms with Crippen molar-refractivity contribution in [1.82, 2.24) is 10.1 Å². The molecular weight excluding hydrogens is 246 g/mol. The first-order chi connectivity index (χ1) is 8.84. The van der Waals surface area contributed by atoms with Gasteiger partial charge in [0.1, 0.15) is 4.88 Å². The number of nitrogen functional groups attached to an aromatic ring is 1. The highest BCUT2D eigenvalue weighted by Crippen LogP contribution is 2.34. The van der Waals surface area contributed by atoms with E-state index in [9.17, 15) is 0 Å². The van der Waals surface area contributed by atoms with Gasteiger partial charge in [-0.3, -0.25) is 0 Å². The minimum absolute atomic E-state index is 0.464. The molecule has 1 aliphatic rings. The largest absolute Gasteiger partial charge is 0.397 e. The summed E-state index contributed by atoms with van der Waals surface area (Å²) in [5.41, 5.74) is 6.59. The number of nitrogens with two attached hydrogens (primary N) is 1. The first kappa shape index (κ1) is 11.7. The molecule has 1 fully saturated rings. The van der Waals surface area contributed by atoms with Crippen molar-refractivity contribution in [2.75, 3.05) is 5.73 Å². The number of thiophene rings is 1. The number of hydrogen-bond donors (Lipinski definition) is 1. The van der Waals surface area contributed by atoms with Gasteiger partial charge in [-0.2, -0.15) is 4.98 Å². The number of aromatic nitrogens is 2. The quantitative estimate of drug-likeness (QED) is 0.836. The van der Waals surface area contributed by atoms with E-state index in [1.54, 1.807) is 11.3 Å². The van der Waals surface area contributed by atoms with Crippen LogP contribution in [0.25, 0.3) is 10.8 Å². The summed E-state index contributed by atoms with van der Waals surface area (Å²) >= 11 is 1.55. The van der Waals surface area contributed by atoms with E-state index in [1.807, 2.05) is 11.4 Å². The predicted molar refractivity (Wildman–Crippen MR) is 72.5 cm³/mol. The molecule has 18 heavy (non-hydrogen) atoms. The Balaban J connectivity index is 1.82. The molecule has 0 spiro atoms. The summed E-state index contributed by atoms with van der Waals surface area (Å²) in [6.07, 6.45) is 7.57. The van der Waals surface area contributed by atoms with E-state index in [0.717, 1.165) is 16.4 Å². The second-order valence-corrected chi connectivity index (χ2v) is 5.77. The van der Waals surface area contributed by atoms with Gasteiger partial charge < -0.3 is 10.3 Å². The van der Waals surface area contributed by atoms with Crippen LogP contribution >= 0.6 is 11.3 Å². The highest BCUT2D eigenvalue weighted by atomic mass is 32.1. The molecule has 2 aromatic heterocycles. The summed E-state index contributed by atoms with van der Waals surface area (Å²) in [5.74, 6) is 1.90. The SMILES string of the molecule is Nc1ccsc1-c1nc(C2CCCCCC2)no1. The molecule has 3 rings (SSSR count). The standard InChI is InChI=1S/C13H17N3OS/c14-10-7-8-18-11(10)13-15-12(16-17-13)9-5-3-1-2-4-6-9/h7-9H,1-6,14H2. The maximum absolute atomic E-state index is 5.87. The average Bonchev–Trinajstić information content (AvgIpc) is 2.91. The Labute approximate surface area is 110 Å². The summed E-state index contributed by atoms with van der Waals surface area (Å²) in [6, 6.07) is 1.87. The summed E-state index contributed by atoms with van der Waals surface area (Å²) in [7, 11) is 0. The molecule has 0 bridgehead atoms. The van der Waals surface area contributed by atoms with Crippen molar-refractivity contribution in [2.45, 2.75) is 44.4 Å². The minimum Gasteiger partial charge on any atom is -0.397 e. The third-order valence-electron chi connectivity index (χ3n) is 3.55. The van der Waals surface area contributed by atoms with Gasteiger partial charge in [-0.05, 0) is 24.3 Å². The number of nitrogens with zero attached hydrogens (tertiary/aromatic N) is 2.